The quantitative estimate of drug-likeness (QED) is 0.814. The molecule has 1 saturated carbocycles. The van der Waals surface area contributed by atoms with Crippen molar-refractivity contribution in [3.05, 3.63) is 0 Å². The molecule has 2 unspecified atom stereocenters. The van der Waals surface area contributed by atoms with Crippen molar-refractivity contribution in [1.82, 2.24) is 10.2 Å². The molecular formula is C17H34N2. The Labute approximate surface area is 120 Å². The largest absolute Gasteiger partial charge is 0.311 e. The van der Waals surface area contributed by atoms with Gasteiger partial charge >= 0.3 is 0 Å². The minimum absolute atomic E-state index is 0.746. The van der Waals surface area contributed by atoms with Gasteiger partial charge in [-0.25, -0.2) is 0 Å². The summed E-state index contributed by atoms with van der Waals surface area (Å²) in [6, 6.07) is 2.42. The fraction of sp³-hybridized carbons (Fsp3) is 1.00. The van der Waals surface area contributed by atoms with Crippen molar-refractivity contribution in [3.63, 3.8) is 0 Å². The third kappa shape index (κ3) is 4.46. The van der Waals surface area contributed by atoms with Gasteiger partial charge < -0.3 is 5.32 Å². The molecule has 2 fully saturated rings. The summed E-state index contributed by atoms with van der Waals surface area (Å²) in [5, 5.41) is 3.80. The summed E-state index contributed by atoms with van der Waals surface area (Å²) in [6.07, 6.45) is 11.3. The Morgan fingerprint density at radius 2 is 1.89 bits per heavy atom. The van der Waals surface area contributed by atoms with E-state index in [1.165, 1.54) is 64.5 Å². The van der Waals surface area contributed by atoms with E-state index < -0.39 is 0 Å². The van der Waals surface area contributed by atoms with E-state index >= 15 is 0 Å². The van der Waals surface area contributed by atoms with Crippen LogP contribution in [0.5, 0.6) is 0 Å². The maximum Gasteiger partial charge on any atom is 0.0226 e. The molecule has 2 aliphatic rings. The minimum atomic E-state index is 0.746. The van der Waals surface area contributed by atoms with Gasteiger partial charge in [-0.1, -0.05) is 46.5 Å². The first-order valence-electron chi connectivity index (χ1n) is 8.69. The SMILES string of the molecule is CCCC1CN(C2CCCCC2)C(CC(C)C)CN1. The average molecular weight is 266 g/mol. The van der Waals surface area contributed by atoms with Crippen molar-refractivity contribution in [2.24, 2.45) is 5.92 Å². The summed E-state index contributed by atoms with van der Waals surface area (Å²) in [4.78, 5) is 2.90. The van der Waals surface area contributed by atoms with Crippen molar-refractivity contribution in [1.29, 1.82) is 0 Å². The molecule has 112 valence electrons. The second kappa shape index (κ2) is 7.64. The van der Waals surface area contributed by atoms with E-state index in [4.69, 9.17) is 0 Å². The predicted molar refractivity (Wildman–Crippen MR) is 83.5 cm³/mol. The monoisotopic (exact) mass is 266 g/mol. The Morgan fingerprint density at radius 3 is 2.53 bits per heavy atom. The molecule has 0 radical (unpaired) electrons. The minimum Gasteiger partial charge on any atom is -0.311 e. The van der Waals surface area contributed by atoms with Crippen LogP contribution in [0.2, 0.25) is 0 Å². The van der Waals surface area contributed by atoms with Gasteiger partial charge in [0.05, 0.1) is 0 Å². The van der Waals surface area contributed by atoms with E-state index in [1.54, 1.807) is 0 Å². The molecule has 2 nitrogen and oxygen atoms in total. The highest BCUT2D eigenvalue weighted by molar-refractivity contribution is 4.91. The smallest absolute Gasteiger partial charge is 0.0226 e. The Kier molecular flexibility index (Phi) is 6.15. The lowest BCUT2D eigenvalue weighted by Crippen LogP contribution is -2.60. The molecule has 0 aromatic heterocycles. The summed E-state index contributed by atoms with van der Waals surface area (Å²) < 4.78 is 0. The van der Waals surface area contributed by atoms with Gasteiger partial charge in [-0.2, -0.15) is 0 Å². The van der Waals surface area contributed by atoms with Crippen LogP contribution < -0.4 is 5.32 Å². The third-order valence-electron chi connectivity index (χ3n) is 4.97. The van der Waals surface area contributed by atoms with Crippen LogP contribution in [0.3, 0.4) is 0 Å². The fourth-order valence-electron chi connectivity index (χ4n) is 4.05. The Hall–Kier alpha value is -0.0800. The number of hydrogen-bond donors (Lipinski definition) is 1. The predicted octanol–water partition coefficient (Wildman–Crippen LogP) is 3.81. The van der Waals surface area contributed by atoms with Crippen LogP contribution in [0.1, 0.15) is 72.1 Å². The van der Waals surface area contributed by atoms with Crippen LogP contribution in [0.15, 0.2) is 0 Å². The van der Waals surface area contributed by atoms with Gasteiger partial charge in [-0.05, 0) is 31.6 Å². The van der Waals surface area contributed by atoms with Gasteiger partial charge in [0.15, 0.2) is 0 Å². The summed E-state index contributed by atoms with van der Waals surface area (Å²) in [5.41, 5.74) is 0. The molecule has 2 heteroatoms. The maximum atomic E-state index is 3.80. The van der Waals surface area contributed by atoms with Crippen molar-refractivity contribution in [2.75, 3.05) is 13.1 Å². The van der Waals surface area contributed by atoms with E-state index in [0.29, 0.717) is 0 Å². The van der Waals surface area contributed by atoms with Gasteiger partial charge in [-0.3, -0.25) is 4.90 Å². The molecule has 1 heterocycles. The zero-order valence-electron chi connectivity index (χ0n) is 13.3. The first-order chi connectivity index (χ1) is 9.20. The molecule has 2 rings (SSSR count). The van der Waals surface area contributed by atoms with Crippen molar-refractivity contribution in [2.45, 2.75) is 90.3 Å². The van der Waals surface area contributed by atoms with Crippen LogP contribution in [0.25, 0.3) is 0 Å². The highest BCUT2D eigenvalue weighted by Crippen LogP contribution is 2.28. The van der Waals surface area contributed by atoms with Crippen LogP contribution in [-0.4, -0.2) is 36.1 Å². The standard InChI is InChI=1S/C17H34N2/c1-4-8-15-13-19(16-9-6-5-7-10-16)17(12-18-15)11-14(2)3/h14-18H,4-13H2,1-3H3. The van der Waals surface area contributed by atoms with Crippen molar-refractivity contribution in [3.8, 4) is 0 Å². The lowest BCUT2D eigenvalue weighted by atomic mass is 9.89. The number of hydrogen-bond acceptors (Lipinski definition) is 2. The van der Waals surface area contributed by atoms with Gasteiger partial charge in [0, 0.05) is 31.2 Å². The van der Waals surface area contributed by atoms with Gasteiger partial charge in [-0.15, -0.1) is 0 Å². The van der Waals surface area contributed by atoms with Crippen LogP contribution in [-0.2, 0) is 0 Å². The first-order valence-corrected chi connectivity index (χ1v) is 8.69. The van der Waals surface area contributed by atoms with Crippen LogP contribution in [0.4, 0.5) is 0 Å². The Morgan fingerprint density at radius 1 is 1.16 bits per heavy atom. The van der Waals surface area contributed by atoms with Crippen LogP contribution in [0, 0.1) is 5.92 Å². The zero-order valence-corrected chi connectivity index (χ0v) is 13.3. The topological polar surface area (TPSA) is 15.3 Å². The molecule has 2 atom stereocenters. The van der Waals surface area contributed by atoms with E-state index in [9.17, 15) is 0 Å². The Balaban J connectivity index is 1.97. The molecule has 1 saturated heterocycles. The molecule has 0 amide bonds. The van der Waals surface area contributed by atoms with Gasteiger partial charge in [0.1, 0.15) is 0 Å². The number of rotatable bonds is 5. The lowest BCUT2D eigenvalue weighted by molar-refractivity contribution is 0.0494. The first kappa shape index (κ1) is 15.3. The molecule has 0 aromatic carbocycles. The second-order valence-corrected chi connectivity index (χ2v) is 7.17. The number of piperazine rings is 1. The lowest BCUT2D eigenvalue weighted by Gasteiger charge is -2.46. The van der Waals surface area contributed by atoms with Gasteiger partial charge in [0.2, 0.25) is 0 Å². The molecule has 19 heavy (non-hydrogen) atoms. The van der Waals surface area contributed by atoms with E-state index in [-0.39, 0.29) is 0 Å². The zero-order chi connectivity index (χ0) is 13.7. The van der Waals surface area contributed by atoms with Gasteiger partial charge in [0.25, 0.3) is 0 Å². The number of nitrogens with one attached hydrogen (secondary N) is 1. The summed E-state index contributed by atoms with van der Waals surface area (Å²) in [7, 11) is 0. The normalized spacial score (nSPS) is 30.9. The fourth-order valence-corrected chi connectivity index (χ4v) is 4.05. The van der Waals surface area contributed by atoms with E-state index in [1.807, 2.05) is 0 Å². The summed E-state index contributed by atoms with van der Waals surface area (Å²) in [6.45, 7) is 9.58. The average Bonchev–Trinajstić information content (AvgIpc) is 2.41. The molecule has 0 spiro atoms. The maximum absolute atomic E-state index is 3.80. The van der Waals surface area contributed by atoms with E-state index in [0.717, 1.165) is 24.0 Å². The molecule has 0 aromatic rings. The molecule has 1 aliphatic heterocycles. The highest BCUT2D eigenvalue weighted by Gasteiger charge is 2.33. The van der Waals surface area contributed by atoms with Crippen molar-refractivity contribution >= 4 is 0 Å². The second-order valence-electron chi connectivity index (χ2n) is 7.17. The van der Waals surface area contributed by atoms with Crippen molar-refractivity contribution < 1.29 is 0 Å². The molecular weight excluding hydrogens is 232 g/mol. The Bertz CT molecular complexity index is 246. The van der Waals surface area contributed by atoms with E-state index in [2.05, 4.69) is 31.0 Å². The molecule has 1 N–H and O–H groups in total. The molecule has 0 bridgehead atoms. The summed E-state index contributed by atoms with van der Waals surface area (Å²) >= 11 is 0. The summed E-state index contributed by atoms with van der Waals surface area (Å²) in [5.74, 6) is 0.820. The number of nitrogens with zero attached hydrogens (tertiary/aromatic N) is 1. The third-order valence-corrected chi connectivity index (χ3v) is 4.97. The molecule has 1 aliphatic carbocycles. The van der Waals surface area contributed by atoms with Crippen LogP contribution >= 0.6 is 0 Å². The highest BCUT2D eigenvalue weighted by atomic mass is 15.3.